The van der Waals surface area contributed by atoms with E-state index < -0.39 is 25.9 Å². The van der Waals surface area contributed by atoms with Crippen molar-refractivity contribution >= 4 is 42.7 Å². The van der Waals surface area contributed by atoms with Crippen LogP contribution in [0.5, 0.6) is 5.75 Å². The summed E-state index contributed by atoms with van der Waals surface area (Å²) in [6, 6.07) is 4.32. The Morgan fingerprint density at radius 3 is 2.33 bits per heavy atom. The minimum atomic E-state index is -3.42. The first-order chi connectivity index (χ1) is 11.3. The van der Waals surface area contributed by atoms with E-state index in [-0.39, 0.29) is 30.3 Å². The summed E-state index contributed by atoms with van der Waals surface area (Å²) >= 11 is 11.6. The molecule has 0 heterocycles. The van der Waals surface area contributed by atoms with Crippen LogP contribution in [0.1, 0.15) is 20.3 Å². The predicted octanol–water partition coefficient (Wildman–Crippen LogP) is 3.63. The summed E-state index contributed by atoms with van der Waals surface area (Å²) in [5.74, 6) is -1.41. The molecule has 0 spiro atoms. The van der Waals surface area contributed by atoms with E-state index in [9.17, 15) is 14.2 Å². The molecular formula is C14H18Cl2NO6P. The largest absolute Gasteiger partial charge is 0.425 e. The molecule has 0 aliphatic carbocycles. The molecule has 1 rings (SSSR count). The minimum absolute atomic E-state index is 0.0909. The van der Waals surface area contributed by atoms with Crippen molar-refractivity contribution in [2.24, 2.45) is 0 Å². The summed E-state index contributed by atoms with van der Waals surface area (Å²) in [5, 5.41) is 2.86. The van der Waals surface area contributed by atoms with Gasteiger partial charge < -0.3 is 19.1 Å². The van der Waals surface area contributed by atoms with Crippen LogP contribution in [0.15, 0.2) is 18.2 Å². The van der Waals surface area contributed by atoms with Gasteiger partial charge in [0.2, 0.25) is 5.91 Å². The third kappa shape index (κ3) is 7.20. The lowest BCUT2D eigenvalue weighted by atomic mass is 10.3. The van der Waals surface area contributed by atoms with E-state index in [2.05, 4.69) is 5.32 Å². The molecule has 1 amide bonds. The van der Waals surface area contributed by atoms with Crippen LogP contribution < -0.4 is 10.1 Å². The number of carbonyl (C=O) groups is 2. The third-order valence-corrected chi connectivity index (χ3v) is 4.92. The fourth-order valence-corrected chi connectivity index (χ4v) is 3.48. The van der Waals surface area contributed by atoms with Crippen LogP contribution >= 0.6 is 30.8 Å². The zero-order valence-electron chi connectivity index (χ0n) is 13.2. The summed E-state index contributed by atoms with van der Waals surface area (Å²) in [6.45, 7) is 3.65. The van der Waals surface area contributed by atoms with Gasteiger partial charge in [0.25, 0.3) is 0 Å². The summed E-state index contributed by atoms with van der Waals surface area (Å²) in [6.07, 6.45) is -0.903. The molecule has 7 nitrogen and oxygen atoms in total. The number of amides is 1. The molecule has 0 fully saturated rings. The first-order valence-electron chi connectivity index (χ1n) is 7.10. The van der Waals surface area contributed by atoms with E-state index in [4.69, 9.17) is 37.0 Å². The maximum absolute atomic E-state index is 12.2. The number of hydrogen-bond donors (Lipinski definition) is 1. The predicted molar refractivity (Wildman–Crippen MR) is 90.6 cm³/mol. The molecule has 1 aromatic carbocycles. The second kappa shape index (κ2) is 10.0. The van der Waals surface area contributed by atoms with Crippen LogP contribution in [-0.4, -0.2) is 31.4 Å². The molecule has 24 heavy (non-hydrogen) atoms. The number of rotatable bonds is 9. The van der Waals surface area contributed by atoms with E-state index in [0.717, 1.165) is 0 Å². The SMILES string of the molecule is CCOP(=O)(CNC(=O)CC(=O)Oc1ccc(Cl)cc1Cl)OCC. The van der Waals surface area contributed by atoms with Crippen LogP contribution in [0, 0.1) is 0 Å². The van der Waals surface area contributed by atoms with Gasteiger partial charge in [0, 0.05) is 5.02 Å². The maximum Gasteiger partial charge on any atom is 0.349 e. The third-order valence-electron chi connectivity index (χ3n) is 2.54. The van der Waals surface area contributed by atoms with Crippen molar-refractivity contribution in [3.05, 3.63) is 28.2 Å². The van der Waals surface area contributed by atoms with E-state index in [1.807, 2.05) is 0 Å². The molecular weight excluding hydrogens is 380 g/mol. The highest BCUT2D eigenvalue weighted by Gasteiger charge is 2.25. The second-order valence-electron chi connectivity index (χ2n) is 4.43. The molecule has 0 aliphatic rings. The van der Waals surface area contributed by atoms with Crippen molar-refractivity contribution in [1.29, 1.82) is 0 Å². The second-order valence-corrected chi connectivity index (χ2v) is 7.33. The van der Waals surface area contributed by atoms with E-state index in [1.165, 1.54) is 18.2 Å². The Kier molecular flexibility index (Phi) is 8.73. The van der Waals surface area contributed by atoms with Crippen molar-refractivity contribution in [2.75, 3.05) is 19.5 Å². The number of hydrogen-bond acceptors (Lipinski definition) is 6. The Bertz CT molecular complexity index is 630. The number of esters is 1. The van der Waals surface area contributed by atoms with Crippen molar-refractivity contribution < 1.29 is 27.9 Å². The Balaban J connectivity index is 2.52. The van der Waals surface area contributed by atoms with Gasteiger partial charge in [-0.05, 0) is 32.0 Å². The van der Waals surface area contributed by atoms with Gasteiger partial charge in [0.05, 0.1) is 18.2 Å². The molecule has 1 N–H and O–H groups in total. The topological polar surface area (TPSA) is 90.9 Å². The summed E-state index contributed by atoms with van der Waals surface area (Å²) in [7, 11) is -3.42. The number of carbonyl (C=O) groups excluding carboxylic acids is 2. The van der Waals surface area contributed by atoms with Gasteiger partial charge in [-0.2, -0.15) is 0 Å². The van der Waals surface area contributed by atoms with Crippen molar-refractivity contribution in [1.82, 2.24) is 5.32 Å². The van der Waals surface area contributed by atoms with Crippen LogP contribution in [0.3, 0.4) is 0 Å². The summed E-state index contributed by atoms with van der Waals surface area (Å²) in [4.78, 5) is 23.5. The summed E-state index contributed by atoms with van der Waals surface area (Å²) in [5.41, 5.74) is 0. The van der Waals surface area contributed by atoms with Gasteiger partial charge in [-0.3, -0.25) is 14.2 Å². The quantitative estimate of drug-likeness (QED) is 0.296. The molecule has 0 saturated carbocycles. The van der Waals surface area contributed by atoms with Gasteiger partial charge in [0.1, 0.15) is 18.5 Å². The van der Waals surface area contributed by atoms with Gasteiger partial charge in [0.15, 0.2) is 0 Å². The molecule has 10 heteroatoms. The fraction of sp³-hybridized carbons (Fsp3) is 0.429. The Labute approximate surface area is 150 Å². The number of benzene rings is 1. The average molecular weight is 398 g/mol. The highest BCUT2D eigenvalue weighted by atomic mass is 35.5. The van der Waals surface area contributed by atoms with Gasteiger partial charge in [-0.1, -0.05) is 23.2 Å². The van der Waals surface area contributed by atoms with Crippen LogP contribution in [0.25, 0.3) is 0 Å². The standard InChI is InChI=1S/C14H18Cl2NO6P/c1-3-21-24(20,22-4-2)9-17-13(18)8-14(19)23-12-6-5-10(15)7-11(12)16/h5-7H,3-4,8-9H2,1-2H3,(H,17,18). The molecule has 0 aromatic heterocycles. The zero-order chi connectivity index (χ0) is 18.2. The summed E-state index contributed by atoms with van der Waals surface area (Å²) < 4.78 is 27.2. The number of ether oxygens (including phenoxy) is 1. The molecule has 0 bridgehead atoms. The highest BCUT2D eigenvalue weighted by Crippen LogP contribution is 2.46. The van der Waals surface area contributed by atoms with Crippen LogP contribution in [0.4, 0.5) is 0 Å². The van der Waals surface area contributed by atoms with E-state index in [1.54, 1.807) is 13.8 Å². The average Bonchev–Trinajstić information content (AvgIpc) is 2.49. The molecule has 0 saturated heterocycles. The fourth-order valence-electron chi connectivity index (χ4n) is 1.62. The smallest absolute Gasteiger partial charge is 0.349 e. The first-order valence-corrected chi connectivity index (χ1v) is 9.58. The lowest BCUT2D eigenvalue weighted by Crippen LogP contribution is -2.29. The first kappa shape index (κ1) is 20.9. The number of halogens is 2. The van der Waals surface area contributed by atoms with Crippen LogP contribution in [0.2, 0.25) is 10.0 Å². The lowest BCUT2D eigenvalue weighted by Gasteiger charge is -2.17. The molecule has 134 valence electrons. The highest BCUT2D eigenvalue weighted by molar-refractivity contribution is 7.53. The van der Waals surface area contributed by atoms with E-state index >= 15 is 0 Å². The lowest BCUT2D eigenvalue weighted by molar-refractivity contribution is -0.138. The zero-order valence-corrected chi connectivity index (χ0v) is 15.6. The normalized spacial score (nSPS) is 11.2. The van der Waals surface area contributed by atoms with Gasteiger partial charge in [-0.25, -0.2) is 0 Å². The van der Waals surface area contributed by atoms with Crippen molar-refractivity contribution in [3.8, 4) is 5.75 Å². The van der Waals surface area contributed by atoms with Crippen molar-refractivity contribution in [3.63, 3.8) is 0 Å². The molecule has 0 aliphatic heterocycles. The monoisotopic (exact) mass is 397 g/mol. The number of nitrogens with one attached hydrogen (secondary N) is 1. The Hall–Kier alpha value is -1.11. The minimum Gasteiger partial charge on any atom is -0.425 e. The molecule has 0 atom stereocenters. The molecule has 1 aromatic rings. The molecule has 0 unspecified atom stereocenters. The Morgan fingerprint density at radius 1 is 1.17 bits per heavy atom. The van der Waals surface area contributed by atoms with Gasteiger partial charge >= 0.3 is 13.6 Å². The molecule has 0 radical (unpaired) electrons. The maximum atomic E-state index is 12.2. The van der Waals surface area contributed by atoms with Gasteiger partial charge in [-0.15, -0.1) is 0 Å². The Morgan fingerprint density at radius 2 is 1.79 bits per heavy atom. The van der Waals surface area contributed by atoms with E-state index in [0.29, 0.717) is 5.02 Å². The van der Waals surface area contributed by atoms with Crippen LogP contribution in [-0.2, 0) is 23.2 Å². The van der Waals surface area contributed by atoms with Crippen molar-refractivity contribution in [2.45, 2.75) is 20.3 Å².